The smallest absolute Gasteiger partial charge is 0.0773 e. The van der Waals surface area contributed by atoms with E-state index in [1.54, 1.807) is 0 Å². The highest BCUT2D eigenvalue weighted by atomic mass is 32.1. The molecule has 2 N–H and O–H groups in total. The van der Waals surface area contributed by atoms with Crippen LogP contribution >= 0.6 is 12.6 Å². The van der Waals surface area contributed by atoms with Crippen molar-refractivity contribution in [2.24, 2.45) is 0 Å². The number of rotatable bonds is 21. The molecule has 0 fully saturated rings. The van der Waals surface area contributed by atoms with Gasteiger partial charge in [0, 0.05) is 0 Å². The fraction of sp³-hybridized carbons (Fsp3) is 1.00. The summed E-state index contributed by atoms with van der Waals surface area (Å²) >= 11 is 4.22. The molecule has 1 unspecified atom stereocenters. The van der Waals surface area contributed by atoms with Gasteiger partial charge in [-0.15, -0.1) is 0 Å². The van der Waals surface area contributed by atoms with Gasteiger partial charge in [-0.3, -0.25) is 0 Å². The maximum absolute atomic E-state index is 9.86. The maximum atomic E-state index is 9.86. The van der Waals surface area contributed by atoms with E-state index in [0.29, 0.717) is 39.6 Å². The van der Waals surface area contributed by atoms with Gasteiger partial charge in [0.1, 0.15) is 0 Å². The van der Waals surface area contributed by atoms with E-state index in [0.717, 1.165) is 18.6 Å². The van der Waals surface area contributed by atoms with Gasteiger partial charge in [-0.2, -0.15) is 12.6 Å². The second-order valence-corrected chi connectivity index (χ2v) is 6.82. The lowest BCUT2D eigenvalue weighted by Gasteiger charge is -2.11. The van der Waals surface area contributed by atoms with Crippen LogP contribution in [0.5, 0.6) is 0 Å². The van der Waals surface area contributed by atoms with Crippen LogP contribution in [-0.4, -0.2) is 68.3 Å². The summed E-state index contributed by atoms with van der Waals surface area (Å²) in [6.45, 7) is 2.75. The molecule has 0 aromatic rings. The molecule has 0 saturated carbocycles. The van der Waals surface area contributed by atoms with E-state index in [2.05, 4.69) is 12.6 Å². The zero-order chi connectivity index (χ0) is 18.4. The standard InChI is InChI=1S/C19H40O5S/c20-11-12-22-13-14-23-15-16-24-18-19(21)10-8-6-4-2-1-3-5-7-9-17-25/h19-21,25H,1-18H2. The molecule has 0 aromatic heterocycles. The Hall–Kier alpha value is 0.150. The molecular weight excluding hydrogens is 340 g/mol. The van der Waals surface area contributed by atoms with Crippen molar-refractivity contribution in [2.75, 3.05) is 52.0 Å². The molecule has 152 valence electrons. The summed E-state index contributed by atoms with van der Waals surface area (Å²) in [7, 11) is 0. The summed E-state index contributed by atoms with van der Waals surface area (Å²) in [4.78, 5) is 0. The molecule has 25 heavy (non-hydrogen) atoms. The average molecular weight is 381 g/mol. The van der Waals surface area contributed by atoms with Gasteiger partial charge in [0.15, 0.2) is 0 Å². The lowest BCUT2D eigenvalue weighted by Crippen LogP contribution is -2.18. The fourth-order valence-corrected chi connectivity index (χ4v) is 2.76. The van der Waals surface area contributed by atoms with Crippen molar-refractivity contribution < 1.29 is 24.4 Å². The summed E-state index contributed by atoms with van der Waals surface area (Å²) in [5.74, 6) is 1.01. The molecule has 0 aromatic carbocycles. The lowest BCUT2D eigenvalue weighted by molar-refractivity contribution is -0.0144. The minimum atomic E-state index is -0.367. The van der Waals surface area contributed by atoms with Crippen LogP contribution in [0.2, 0.25) is 0 Å². The number of hydrogen-bond acceptors (Lipinski definition) is 6. The van der Waals surface area contributed by atoms with Crippen molar-refractivity contribution in [1.29, 1.82) is 0 Å². The normalized spacial score (nSPS) is 12.6. The lowest BCUT2D eigenvalue weighted by atomic mass is 10.1. The summed E-state index contributed by atoms with van der Waals surface area (Å²) < 4.78 is 15.8. The van der Waals surface area contributed by atoms with Crippen LogP contribution in [0, 0.1) is 0 Å². The van der Waals surface area contributed by atoms with Crippen molar-refractivity contribution in [2.45, 2.75) is 70.3 Å². The highest BCUT2D eigenvalue weighted by Gasteiger charge is 2.04. The van der Waals surface area contributed by atoms with E-state index < -0.39 is 0 Å². The molecule has 0 aliphatic rings. The van der Waals surface area contributed by atoms with E-state index in [9.17, 15) is 5.11 Å². The first kappa shape index (κ1) is 25.1. The Kier molecular flexibility index (Phi) is 22.3. The first-order chi connectivity index (χ1) is 12.3. The quantitative estimate of drug-likeness (QED) is 0.211. The molecule has 0 saturated heterocycles. The Balaban J connectivity index is 3.12. The molecule has 6 heteroatoms. The molecular formula is C19H40O5S. The summed E-state index contributed by atoms with van der Waals surface area (Å²) in [5.41, 5.74) is 0. The van der Waals surface area contributed by atoms with Crippen LogP contribution in [-0.2, 0) is 14.2 Å². The number of hydrogen-bond donors (Lipinski definition) is 3. The average Bonchev–Trinajstić information content (AvgIpc) is 2.62. The van der Waals surface area contributed by atoms with Crippen molar-refractivity contribution in [3.8, 4) is 0 Å². The largest absolute Gasteiger partial charge is 0.394 e. The maximum Gasteiger partial charge on any atom is 0.0773 e. The zero-order valence-corrected chi connectivity index (χ0v) is 16.8. The van der Waals surface area contributed by atoms with Gasteiger partial charge in [-0.25, -0.2) is 0 Å². The third kappa shape index (κ3) is 22.1. The van der Waals surface area contributed by atoms with Crippen molar-refractivity contribution in [3.05, 3.63) is 0 Å². The zero-order valence-electron chi connectivity index (χ0n) is 15.9. The van der Waals surface area contributed by atoms with Gasteiger partial charge >= 0.3 is 0 Å². The van der Waals surface area contributed by atoms with Gasteiger partial charge in [-0.1, -0.05) is 51.4 Å². The van der Waals surface area contributed by atoms with Crippen LogP contribution in [0.15, 0.2) is 0 Å². The van der Waals surface area contributed by atoms with Crippen LogP contribution in [0.3, 0.4) is 0 Å². The number of unbranched alkanes of at least 4 members (excludes halogenated alkanes) is 8. The summed E-state index contributed by atoms with van der Waals surface area (Å²) in [5, 5.41) is 18.4. The van der Waals surface area contributed by atoms with Gasteiger partial charge in [0.05, 0.1) is 52.4 Å². The number of thiol groups is 1. The van der Waals surface area contributed by atoms with Crippen LogP contribution < -0.4 is 0 Å². The van der Waals surface area contributed by atoms with Crippen LogP contribution in [0.1, 0.15) is 64.2 Å². The third-order valence-electron chi connectivity index (χ3n) is 3.99. The first-order valence-electron chi connectivity index (χ1n) is 9.94. The van der Waals surface area contributed by atoms with E-state index in [1.807, 2.05) is 0 Å². The Morgan fingerprint density at radius 2 is 1.12 bits per heavy atom. The van der Waals surface area contributed by atoms with Gasteiger partial charge < -0.3 is 24.4 Å². The molecule has 0 amide bonds. The third-order valence-corrected chi connectivity index (χ3v) is 4.30. The fourth-order valence-electron chi connectivity index (χ4n) is 2.54. The minimum absolute atomic E-state index is 0.0394. The first-order valence-corrected chi connectivity index (χ1v) is 10.6. The highest BCUT2D eigenvalue weighted by Crippen LogP contribution is 2.11. The summed E-state index contributed by atoms with van der Waals surface area (Å²) in [6.07, 6.45) is 11.9. The van der Waals surface area contributed by atoms with Crippen molar-refractivity contribution in [1.82, 2.24) is 0 Å². The summed E-state index contributed by atoms with van der Waals surface area (Å²) in [6, 6.07) is 0. The Labute approximate surface area is 159 Å². The number of aliphatic hydroxyl groups excluding tert-OH is 2. The molecule has 0 rings (SSSR count). The van der Waals surface area contributed by atoms with Crippen LogP contribution in [0.4, 0.5) is 0 Å². The monoisotopic (exact) mass is 380 g/mol. The Morgan fingerprint density at radius 3 is 1.68 bits per heavy atom. The topological polar surface area (TPSA) is 68.2 Å². The van der Waals surface area contributed by atoms with Crippen LogP contribution in [0.25, 0.3) is 0 Å². The molecule has 0 aliphatic heterocycles. The molecule has 5 nitrogen and oxygen atoms in total. The predicted molar refractivity (Wildman–Crippen MR) is 106 cm³/mol. The van der Waals surface area contributed by atoms with Crippen molar-refractivity contribution >= 4 is 12.6 Å². The highest BCUT2D eigenvalue weighted by molar-refractivity contribution is 7.80. The molecule has 0 radical (unpaired) electrons. The molecule has 0 spiro atoms. The van der Waals surface area contributed by atoms with Gasteiger partial charge in [-0.05, 0) is 18.6 Å². The molecule has 0 heterocycles. The minimum Gasteiger partial charge on any atom is -0.394 e. The molecule has 1 atom stereocenters. The Bertz CT molecular complexity index is 244. The molecule has 0 bridgehead atoms. The van der Waals surface area contributed by atoms with Gasteiger partial charge in [0.25, 0.3) is 0 Å². The molecule has 0 aliphatic carbocycles. The van der Waals surface area contributed by atoms with Crippen molar-refractivity contribution in [3.63, 3.8) is 0 Å². The Morgan fingerprint density at radius 1 is 0.640 bits per heavy atom. The van der Waals surface area contributed by atoms with E-state index >= 15 is 0 Å². The second-order valence-electron chi connectivity index (χ2n) is 6.37. The van der Waals surface area contributed by atoms with E-state index in [-0.39, 0.29) is 12.7 Å². The SMILES string of the molecule is OCCOCCOCCOCC(O)CCCCCCCCCCCS. The van der Waals surface area contributed by atoms with E-state index in [4.69, 9.17) is 19.3 Å². The van der Waals surface area contributed by atoms with Gasteiger partial charge in [0.2, 0.25) is 0 Å². The number of ether oxygens (including phenoxy) is 3. The second kappa shape index (κ2) is 22.2. The predicted octanol–water partition coefficient (Wildman–Crippen LogP) is 3.22. The van der Waals surface area contributed by atoms with E-state index in [1.165, 1.54) is 51.4 Å². The number of aliphatic hydroxyl groups is 2.